The number of hydrogen-bond acceptors (Lipinski definition) is 4. The summed E-state index contributed by atoms with van der Waals surface area (Å²) in [5.74, 6) is -0.621. The summed E-state index contributed by atoms with van der Waals surface area (Å²) < 4.78 is 4.93. The van der Waals surface area contributed by atoms with Crippen LogP contribution in [0.1, 0.15) is 26.2 Å². The molecule has 0 unspecified atom stereocenters. The van der Waals surface area contributed by atoms with Gasteiger partial charge < -0.3 is 14.9 Å². The van der Waals surface area contributed by atoms with Crippen molar-refractivity contribution >= 4 is 5.97 Å². The molecule has 0 aromatic carbocycles. The first-order valence-corrected chi connectivity index (χ1v) is 4.71. The molecule has 0 radical (unpaired) electrons. The fourth-order valence-corrected chi connectivity index (χ4v) is 1.08. The van der Waals surface area contributed by atoms with E-state index >= 15 is 0 Å². The van der Waals surface area contributed by atoms with Gasteiger partial charge in [0.15, 0.2) is 5.60 Å². The van der Waals surface area contributed by atoms with E-state index in [0.717, 1.165) is 18.9 Å². The molecule has 0 bridgehead atoms. The molecule has 0 spiro atoms. The van der Waals surface area contributed by atoms with Gasteiger partial charge in [-0.05, 0) is 12.8 Å². The summed E-state index contributed by atoms with van der Waals surface area (Å²) in [7, 11) is 0. The Kier molecular flexibility index (Phi) is 6.16. The standard InChI is InChI=1S/C10H18O4/c1-3-5-6-10(7-11,8-12)14-9(13)4-2/h4,11-12H,2-3,5-8H2,1H3. The minimum absolute atomic E-state index is 0.372. The van der Waals surface area contributed by atoms with Crippen LogP contribution in [0.4, 0.5) is 0 Å². The van der Waals surface area contributed by atoms with Gasteiger partial charge in [-0.15, -0.1) is 0 Å². The van der Waals surface area contributed by atoms with Gasteiger partial charge in [-0.1, -0.05) is 19.9 Å². The zero-order valence-electron chi connectivity index (χ0n) is 8.53. The van der Waals surface area contributed by atoms with Crippen LogP contribution >= 0.6 is 0 Å². The van der Waals surface area contributed by atoms with Gasteiger partial charge in [0.05, 0.1) is 13.2 Å². The second kappa shape index (κ2) is 6.56. The van der Waals surface area contributed by atoms with E-state index in [1.807, 2.05) is 6.92 Å². The average molecular weight is 202 g/mol. The maximum absolute atomic E-state index is 10.9. The van der Waals surface area contributed by atoms with Gasteiger partial charge in [0.1, 0.15) is 0 Å². The highest BCUT2D eigenvalue weighted by atomic mass is 16.6. The molecule has 2 N–H and O–H groups in total. The fourth-order valence-electron chi connectivity index (χ4n) is 1.08. The zero-order chi connectivity index (χ0) is 11.0. The van der Waals surface area contributed by atoms with Crippen molar-refractivity contribution in [2.24, 2.45) is 0 Å². The predicted molar refractivity (Wildman–Crippen MR) is 52.7 cm³/mol. The first kappa shape index (κ1) is 13.1. The maximum Gasteiger partial charge on any atom is 0.330 e. The molecular formula is C10H18O4. The first-order valence-electron chi connectivity index (χ1n) is 4.71. The van der Waals surface area contributed by atoms with E-state index in [1.165, 1.54) is 0 Å². The van der Waals surface area contributed by atoms with Gasteiger partial charge in [-0.3, -0.25) is 0 Å². The molecular weight excluding hydrogens is 184 g/mol. The van der Waals surface area contributed by atoms with Crippen molar-refractivity contribution in [2.45, 2.75) is 31.8 Å². The van der Waals surface area contributed by atoms with Crippen molar-refractivity contribution in [3.05, 3.63) is 12.7 Å². The van der Waals surface area contributed by atoms with Crippen molar-refractivity contribution < 1.29 is 19.7 Å². The van der Waals surface area contributed by atoms with Crippen LogP contribution in [-0.2, 0) is 9.53 Å². The fraction of sp³-hybridized carbons (Fsp3) is 0.700. The number of ether oxygens (including phenoxy) is 1. The molecule has 0 atom stereocenters. The molecule has 0 saturated heterocycles. The Labute approximate surface area is 84.2 Å². The number of carbonyl (C=O) groups excluding carboxylic acids is 1. The van der Waals surface area contributed by atoms with Crippen LogP contribution in [0, 0.1) is 0 Å². The first-order chi connectivity index (χ1) is 6.64. The van der Waals surface area contributed by atoms with Crippen LogP contribution in [-0.4, -0.2) is 35.0 Å². The van der Waals surface area contributed by atoms with Gasteiger partial charge in [0.2, 0.25) is 0 Å². The van der Waals surface area contributed by atoms with Crippen LogP contribution in [0.25, 0.3) is 0 Å². The minimum Gasteiger partial charge on any atom is -0.451 e. The summed E-state index contributed by atoms with van der Waals surface area (Å²) in [6.45, 7) is 4.49. The molecule has 14 heavy (non-hydrogen) atoms. The third kappa shape index (κ3) is 3.89. The summed E-state index contributed by atoms with van der Waals surface area (Å²) in [4.78, 5) is 10.9. The largest absolute Gasteiger partial charge is 0.451 e. The van der Waals surface area contributed by atoms with Gasteiger partial charge in [0.25, 0.3) is 0 Å². The number of esters is 1. The second-order valence-corrected chi connectivity index (χ2v) is 3.23. The van der Waals surface area contributed by atoms with Crippen LogP contribution in [0.2, 0.25) is 0 Å². The normalized spacial score (nSPS) is 11.1. The summed E-state index contributed by atoms with van der Waals surface area (Å²) >= 11 is 0. The lowest BCUT2D eigenvalue weighted by molar-refractivity contribution is -0.165. The molecule has 0 saturated carbocycles. The van der Waals surface area contributed by atoms with E-state index in [1.54, 1.807) is 0 Å². The van der Waals surface area contributed by atoms with Crippen LogP contribution < -0.4 is 0 Å². The van der Waals surface area contributed by atoms with E-state index < -0.39 is 11.6 Å². The summed E-state index contributed by atoms with van der Waals surface area (Å²) in [5, 5.41) is 18.2. The number of hydrogen-bond donors (Lipinski definition) is 2. The molecule has 0 rings (SSSR count). The molecule has 4 heteroatoms. The molecule has 82 valence electrons. The topological polar surface area (TPSA) is 66.8 Å². The molecule has 0 aliphatic heterocycles. The molecule has 0 heterocycles. The molecule has 0 aliphatic rings. The third-order valence-electron chi connectivity index (χ3n) is 2.05. The Morgan fingerprint density at radius 3 is 2.43 bits per heavy atom. The number of rotatable bonds is 7. The van der Waals surface area contributed by atoms with Crippen molar-refractivity contribution in [3.8, 4) is 0 Å². The van der Waals surface area contributed by atoms with Crippen molar-refractivity contribution in [1.82, 2.24) is 0 Å². The van der Waals surface area contributed by atoms with E-state index in [4.69, 9.17) is 14.9 Å². The quantitative estimate of drug-likeness (QED) is 0.469. The Hall–Kier alpha value is -0.870. The Balaban J connectivity index is 4.35. The Bertz CT molecular complexity index is 185. The lowest BCUT2D eigenvalue weighted by Gasteiger charge is -2.29. The van der Waals surface area contributed by atoms with E-state index in [-0.39, 0.29) is 13.2 Å². The monoisotopic (exact) mass is 202 g/mol. The van der Waals surface area contributed by atoms with Crippen LogP contribution in [0.3, 0.4) is 0 Å². The third-order valence-corrected chi connectivity index (χ3v) is 2.05. The lowest BCUT2D eigenvalue weighted by atomic mass is 9.98. The van der Waals surface area contributed by atoms with Gasteiger partial charge in [-0.25, -0.2) is 4.79 Å². The van der Waals surface area contributed by atoms with E-state index in [0.29, 0.717) is 6.42 Å². The molecule has 0 aromatic rings. The van der Waals surface area contributed by atoms with E-state index in [2.05, 4.69) is 6.58 Å². The Morgan fingerprint density at radius 2 is 2.07 bits per heavy atom. The number of aliphatic hydroxyl groups excluding tert-OH is 2. The van der Waals surface area contributed by atoms with E-state index in [9.17, 15) is 4.79 Å². The number of unbranched alkanes of at least 4 members (excludes halogenated alkanes) is 1. The smallest absolute Gasteiger partial charge is 0.330 e. The number of aliphatic hydroxyl groups is 2. The van der Waals surface area contributed by atoms with Gasteiger partial charge >= 0.3 is 5.97 Å². The minimum atomic E-state index is -1.15. The van der Waals surface area contributed by atoms with Crippen molar-refractivity contribution in [3.63, 3.8) is 0 Å². The average Bonchev–Trinajstić information content (AvgIpc) is 2.24. The molecule has 0 aliphatic carbocycles. The highest BCUT2D eigenvalue weighted by molar-refractivity contribution is 5.81. The van der Waals surface area contributed by atoms with Crippen molar-refractivity contribution in [1.29, 1.82) is 0 Å². The zero-order valence-corrected chi connectivity index (χ0v) is 8.53. The summed E-state index contributed by atoms with van der Waals surface area (Å²) in [6, 6.07) is 0. The van der Waals surface area contributed by atoms with Crippen molar-refractivity contribution in [2.75, 3.05) is 13.2 Å². The van der Waals surface area contributed by atoms with Gasteiger partial charge in [0, 0.05) is 6.08 Å². The molecule has 0 amide bonds. The predicted octanol–water partition coefficient (Wildman–Crippen LogP) is 0.629. The highest BCUT2D eigenvalue weighted by Gasteiger charge is 2.31. The maximum atomic E-state index is 10.9. The highest BCUT2D eigenvalue weighted by Crippen LogP contribution is 2.18. The van der Waals surface area contributed by atoms with Gasteiger partial charge in [-0.2, -0.15) is 0 Å². The number of carbonyl (C=O) groups is 1. The molecule has 0 aromatic heterocycles. The summed E-state index contributed by atoms with van der Waals surface area (Å²) in [6.07, 6.45) is 3.17. The molecule has 4 nitrogen and oxygen atoms in total. The lowest BCUT2D eigenvalue weighted by Crippen LogP contribution is -2.42. The van der Waals surface area contributed by atoms with Crippen LogP contribution in [0.15, 0.2) is 12.7 Å². The van der Waals surface area contributed by atoms with Crippen LogP contribution in [0.5, 0.6) is 0 Å². The molecule has 0 fully saturated rings. The second-order valence-electron chi connectivity index (χ2n) is 3.23. The Morgan fingerprint density at radius 1 is 1.50 bits per heavy atom. The SMILES string of the molecule is C=CC(=O)OC(CO)(CO)CCCC. The summed E-state index contributed by atoms with van der Waals surface area (Å²) in [5.41, 5.74) is -1.15.